The summed E-state index contributed by atoms with van der Waals surface area (Å²) in [5.74, 6) is 0.639. The Labute approximate surface area is 125 Å². The zero-order valence-electron chi connectivity index (χ0n) is 10.1. The van der Waals surface area contributed by atoms with Crippen LogP contribution in [0.2, 0.25) is 0 Å². The number of halogens is 1. The summed E-state index contributed by atoms with van der Waals surface area (Å²) in [6.45, 7) is 0. The molecule has 3 rings (SSSR count). The van der Waals surface area contributed by atoms with Gasteiger partial charge in [-0.3, -0.25) is 0 Å². The summed E-state index contributed by atoms with van der Waals surface area (Å²) in [4.78, 5) is 0. The van der Waals surface area contributed by atoms with Crippen LogP contribution in [0.5, 0.6) is 0 Å². The van der Waals surface area contributed by atoms with E-state index in [0.29, 0.717) is 5.82 Å². The van der Waals surface area contributed by atoms with E-state index in [2.05, 4.69) is 52.0 Å². The van der Waals surface area contributed by atoms with Gasteiger partial charge in [-0.05, 0) is 46.9 Å². The Kier molecular flexibility index (Phi) is 3.25. The van der Waals surface area contributed by atoms with Gasteiger partial charge in [-0.1, -0.05) is 30.3 Å². The van der Waals surface area contributed by atoms with Gasteiger partial charge in [0.1, 0.15) is 5.82 Å². The molecule has 0 aliphatic rings. The molecule has 19 heavy (non-hydrogen) atoms. The van der Waals surface area contributed by atoms with Crippen molar-refractivity contribution in [1.82, 2.24) is 9.78 Å². The minimum absolute atomic E-state index is 0.639. The predicted octanol–water partition coefficient (Wildman–Crippen LogP) is 3.73. The number of nitrogens with zero attached hydrogens (tertiary/aromatic N) is 2. The smallest absolute Gasteiger partial charge is 0.127 e. The zero-order chi connectivity index (χ0) is 13.2. The highest BCUT2D eigenvalue weighted by atomic mass is 127. The Morgan fingerprint density at radius 3 is 2.32 bits per heavy atom. The number of anilines is 1. The summed E-state index contributed by atoms with van der Waals surface area (Å²) < 4.78 is 2.96. The third-order valence-corrected chi connectivity index (χ3v) is 3.60. The van der Waals surface area contributed by atoms with Crippen LogP contribution in [-0.4, -0.2) is 9.78 Å². The van der Waals surface area contributed by atoms with Crippen LogP contribution in [0.15, 0.2) is 60.7 Å². The Bertz CT molecular complexity index is 687. The van der Waals surface area contributed by atoms with Crippen molar-refractivity contribution in [3.63, 3.8) is 0 Å². The Morgan fingerprint density at radius 1 is 0.947 bits per heavy atom. The van der Waals surface area contributed by atoms with Crippen molar-refractivity contribution in [2.75, 3.05) is 5.73 Å². The van der Waals surface area contributed by atoms with Crippen LogP contribution < -0.4 is 5.73 Å². The second kappa shape index (κ2) is 5.05. The van der Waals surface area contributed by atoms with Gasteiger partial charge in [0.25, 0.3) is 0 Å². The topological polar surface area (TPSA) is 43.8 Å². The summed E-state index contributed by atoms with van der Waals surface area (Å²) in [6.07, 6.45) is 0. The lowest BCUT2D eigenvalue weighted by molar-refractivity contribution is 0.895. The minimum atomic E-state index is 0.639. The average molecular weight is 361 g/mol. The molecule has 0 saturated heterocycles. The maximum atomic E-state index is 6.04. The number of rotatable bonds is 2. The zero-order valence-corrected chi connectivity index (χ0v) is 12.3. The third kappa shape index (κ3) is 2.49. The SMILES string of the molecule is Nc1cc(-c2ccc(I)cc2)nn1-c1ccccc1. The van der Waals surface area contributed by atoms with E-state index in [1.807, 2.05) is 36.4 Å². The molecule has 0 atom stereocenters. The molecule has 94 valence electrons. The first kappa shape index (κ1) is 12.2. The first-order valence-corrected chi connectivity index (χ1v) is 6.99. The van der Waals surface area contributed by atoms with Crippen molar-refractivity contribution in [2.24, 2.45) is 0 Å². The van der Waals surface area contributed by atoms with Crippen LogP contribution in [-0.2, 0) is 0 Å². The van der Waals surface area contributed by atoms with Gasteiger partial charge in [0, 0.05) is 15.2 Å². The molecule has 3 aromatic rings. The number of nitrogen functional groups attached to an aromatic ring is 1. The van der Waals surface area contributed by atoms with Gasteiger partial charge in [0.05, 0.1) is 11.4 Å². The molecule has 0 amide bonds. The second-order valence-electron chi connectivity index (χ2n) is 4.21. The molecule has 2 N–H and O–H groups in total. The van der Waals surface area contributed by atoms with Crippen molar-refractivity contribution >= 4 is 28.4 Å². The van der Waals surface area contributed by atoms with Gasteiger partial charge in [0.15, 0.2) is 0 Å². The number of aromatic nitrogens is 2. The summed E-state index contributed by atoms with van der Waals surface area (Å²) >= 11 is 2.29. The van der Waals surface area contributed by atoms with E-state index in [9.17, 15) is 0 Å². The van der Waals surface area contributed by atoms with Crippen molar-refractivity contribution in [3.8, 4) is 16.9 Å². The number of benzene rings is 2. The third-order valence-electron chi connectivity index (χ3n) is 2.88. The van der Waals surface area contributed by atoms with Crippen molar-refractivity contribution < 1.29 is 0 Å². The summed E-state index contributed by atoms with van der Waals surface area (Å²) in [7, 11) is 0. The van der Waals surface area contributed by atoms with Crippen molar-refractivity contribution in [3.05, 3.63) is 64.2 Å². The highest BCUT2D eigenvalue weighted by Gasteiger charge is 2.08. The number of para-hydroxylation sites is 1. The van der Waals surface area contributed by atoms with E-state index < -0.39 is 0 Å². The van der Waals surface area contributed by atoms with Crippen LogP contribution in [0.3, 0.4) is 0 Å². The summed E-state index contributed by atoms with van der Waals surface area (Å²) in [5.41, 5.74) is 8.97. The lowest BCUT2D eigenvalue weighted by Gasteiger charge is -2.02. The molecule has 0 spiro atoms. The van der Waals surface area contributed by atoms with Crippen LogP contribution in [0, 0.1) is 3.57 Å². The molecule has 0 aliphatic heterocycles. The molecule has 2 aromatic carbocycles. The van der Waals surface area contributed by atoms with Gasteiger partial charge in [-0.15, -0.1) is 0 Å². The van der Waals surface area contributed by atoms with Crippen molar-refractivity contribution in [2.45, 2.75) is 0 Å². The molecule has 1 heterocycles. The van der Waals surface area contributed by atoms with E-state index in [1.54, 1.807) is 4.68 Å². The molecular weight excluding hydrogens is 349 g/mol. The van der Waals surface area contributed by atoms with Gasteiger partial charge in [-0.25, -0.2) is 4.68 Å². The van der Waals surface area contributed by atoms with Crippen LogP contribution >= 0.6 is 22.6 Å². The van der Waals surface area contributed by atoms with Gasteiger partial charge in [0.2, 0.25) is 0 Å². The van der Waals surface area contributed by atoms with E-state index in [1.165, 1.54) is 3.57 Å². The first-order valence-electron chi connectivity index (χ1n) is 5.91. The minimum Gasteiger partial charge on any atom is -0.384 e. The van der Waals surface area contributed by atoms with Gasteiger partial charge < -0.3 is 5.73 Å². The fourth-order valence-corrected chi connectivity index (χ4v) is 2.29. The highest BCUT2D eigenvalue weighted by molar-refractivity contribution is 14.1. The summed E-state index contributed by atoms with van der Waals surface area (Å²) in [6, 6.07) is 20.0. The Hall–Kier alpha value is -1.82. The quantitative estimate of drug-likeness (QED) is 0.707. The average Bonchev–Trinajstić information content (AvgIpc) is 2.83. The Balaban J connectivity index is 2.04. The fraction of sp³-hybridized carbons (Fsp3) is 0. The lowest BCUT2D eigenvalue weighted by atomic mass is 10.2. The molecule has 0 fully saturated rings. The van der Waals surface area contributed by atoms with Crippen LogP contribution in [0.25, 0.3) is 16.9 Å². The number of hydrogen-bond acceptors (Lipinski definition) is 2. The fourth-order valence-electron chi connectivity index (χ4n) is 1.93. The maximum Gasteiger partial charge on any atom is 0.127 e. The van der Waals surface area contributed by atoms with E-state index in [4.69, 9.17) is 5.73 Å². The number of nitrogens with two attached hydrogens (primary N) is 1. The maximum absolute atomic E-state index is 6.04. The predicted molar refractivity (Wildman–Crippen MR) is 86.1 cm³/mol. The van der Waals surface area contributed by atoms with E-state index in [-0.39, 0.29) is 0 Å². The van der Waals surface area contributed by atoms with Gasteiger partial charge in [-0.2, -0.15) is 5.10 Å². The first-order chi connectivity index (χ1) is 9.24. The molecule has 1 aromatic heterocycles. The summed E-state index contributed by atoms with van der Waals surface area (Å²) in [5, 5.41) is 4.57. The Morgan fingerprint density at radius 2 is 1.63 bits per heavy atom. The molecule has 0 aliphatic carbocycles. The number of hydrogen-bond donors (Lipinski definition) is 1. The standard InChI is InChI=1S/C15H12IN3/c16-12-8-6-11(7-9-12)14-10-15(17)19(18-14)13-4-2-1-3-5-13/h1-10H,17H2. The molecular formula is C15H12IN3. The molecule has 0 unspecified atom stereocenters. The molecule has 3 nitrogen and oxygen atoms in total. The van der Waals surface area contributed by atoms with E-state index in [0.717, 1.165) is 16.9 Å². The second-order valence-corrected chi connectivity index (χ2v) is 5.45. The van der Waals surface area contributed by atoms with Crippen LogP contribution in [0.1, 0.15) is 0 Å². The van der Waals surface area contributed by atoms with Crippen molar-refractivity contribution in [1.29, 1.82) is 0 Å². The highest BCUT2D eigenvalue weighted by Crippen LogP contribution is 2.23. The largest absolute Gasteiger partial charge is 0.384 e. The van der Waals surface area contributed by atoms with Gasteiger partial charge >= 0.3 is 0 Å². The molecule has 0 bridgehead atoms. The van der Waals surface area contributed by atoms with Crippen LogP contribution in [0.4, 0.5) is 5.82 Å². The lowest BCUT2D eigenvalue weighted by Crippen LogP contribution is -2.01. The molecule has 0 saturated carbocycles. The molecule has 0 radical (unpaired) electrons. The normalized spacial score (nSPS) is 10.6. The molecule has 4 heteroatoms. The van der Waals surface area contributed by atoms with E-state index >= 15 is 0 Å². The monoisotopic (exact) mass is 361 g/mol.